The Bertz CT molecular complexity index is 650. The molecule has 0 unspecified atom stereocenters. The number of aromatic nitrogens is 2. The summed E-state index contributed by atoms with van der Waals surface area (Å²) in [6.07, 6.45) is 5.70. The van der Waals surface area contributed by atoms with Gasteiger partial charge in [0.25, 0.3) is 0 Å². The fraction of sp³-hybridized carbons (Fsp3) is 0.562. The van der Waals surface area contributed by atoms with E-state index in [4.69, 9.17) is 16.6 Å². The number of nitrogens with two attached hydrogens (primary N) is 2. The molecule has 6 N–H and O–H groups in total. The number of aryl methyl sites for hydroxylation is 1. The lowest BCUT2D eigenvalue weighted by molar-refractivity contribution is -0.117. The summed E-state index contributed by atoms with van der Waals surface area (Å²) >= 11 is 0. The van der Waals surface area contributed by atoms with E-state index in [1.54, 1.807) is 7.05 Å². The molecule has 3 rings (SSSR count). The van der Waals surface area contributed by atoms with Gasteiger partial charge in [0, 0.05) is 25.7 Å². The normalized spacial score (nSPS) is 18.2. The van der Waals surface area contributed by atoms with Crippen LogP contribution >= 0.6 is 0 Å². The first-order chi connectivity index (χ1) is 11.5. The van der Waals surface area contributed by atoms with Crippen LogP contribution in [0.4, 0.5) is 5.95 Å². The molecule has 1 fully saturated rings. The van der Waals surface area contributed by atoms with Crippen LogP contribution in [0.25, 0.3) is 5.70 Å². The number of primary amides is 1. The highest BCUT2D eigenvalue weighted by atomic mass is 16.1. The number of anilines is 1. The lowest BCUT2D eigenvalue weighted by atomic mass is 9.91. The van der Waals surface area contributed by atoms with Crippen molar-refractivity contribution in [3.8, 4) is 0 Å². The van der Waals surface area contributed by atoms with Crippen molar-refractivity contribution in [2.45, 2.75) is 38.1 Å². The van der Waals surface area contributed by atoms with Gasteiger partial charge in [0.1, 0.15) is 0 Å². The summed E-state index contributed by atoms with van der Waals surface area (Å²) < 4.78 is 0. The zero-order valence-electron chi connectivity index (χ0n) is 14.0. The third kappa shape index (κ3) is 3.65. The van der Waals surface area contributed by atoms with Gasteiger partial charge < -0.3 is 21.4 Å². The summed E-state index contributed by atoms with van der Waals surface area (Å²) in [6, 6.07) is 0.376. The second-order valence-corrected chi connectivity index (χ2v) is 6.44. The fourth-order valence-corrected chi connectivity index (χ4v) is 3.38. The minimum absolute atomic E-state index is 0.206. The Morgan fingerprint density at radius 1 is 1.42 bits per heavy atom. The van der Waals surface area contributed by atoms with E-state index < -0.39 is 0 Å². The van der Waals surface area contributed by atoms with Crippen molar-refractivity contribution in [2.75, 3.05) is 25.5 Å². The average molecular weight is 331 g/mol. The number of piperidine rings is 1. The van der Waals surface area contributed by atoms with Gasteiger partial charge in [-0.1, -0.05) is 0 Å². The highest BCUT2D eigenvalue weighted by Gasteiger charge is 2.25. The Balaban J connectivity index is 1.90. The molecular weight excluding hydrogens is 306 g/mol. The highest BCUT2D eigenvalue weighted by Crippen LogP contribution is 2.32. The number of amides is 1. The molecule has 1 aliphatic heterocycles. The molecule has 0 aromatic carbocycles. The molecule has 2 heterocycles. The van der Waals surface area contributed by atoms with Gasteiger partial charge in [0.2, 0.25) is 11.9 Å². The van der Waals surface area contributed by atoms with Crippen molar-refractivity contribution in [3.63, 3.8) is 0 Å². The molecule has 1 amide bonds. The minimum Gasteiger partial charge on any atom is -0.369 e. The molecule has 0 saturated carbocycles. The van der Waals surface area contributed by atoms with Crippen molar-refractivity contribution in [2.24, 2.45) is 11.6 Å². The lowest BCUT2D eigenvalue weighted by Crippen LogP contribution is -2.36. The van der Waals surface area contributed by atoms with Crippen molar-refractivity contribution in [3.05, 3.63) is 23.0 Å². The van der Waals surface area contributed by atoms with E-state index in [2.05, 4.69) is 15.6 Å². The summed E-state index contributed by atoms with van der Waals surface area (Å²) in [5.74, 6) is 6.28. The Hall–Kier alpha value is -2.19. The van der Waals surface area contributed by atoms with Crippen LogP contribution in [-0.4, -0.2) is 47.1 Å². The Labute approximate surface area is 141 Å². The quantitative estimate of drug-likeness (QED) is 0.442. The fourth-order valence-electron chi connectivity index (χ4n) is 3.38. The van der Waals surface area contributed by atoms with Crippen molar-refractivity contribution < 1.29 is 4.79 Å². The predicted molar refractivity (Wildman–Crippen MR) is 92.5 cm³/mol. The van der Waals surface area contributed by atoms with Crippen molar-refractivity contribution in [1.82, 2.24) is 20.3 Å². The number of hydrogen-bond donors (Lipinski definition) is 4. The molecule has 0 spiro atoms. The minimum atomic E-state index is -0.352. The van der Waals surface area contributed by atoms with Crippen LogP contribution in [-0.2, 0) is 11.2 Å². The van der Waals surface area contributed by atoms with Crippen LogP contribution in [0.3, 0.4) is 0 Å². The molecule has 130 valence electrons. The van der Waals surface area contributed by atoms with Crippen LogP contribution in [0.5, 0.6) is 0 Å². The zero-order valence-corrected chi connectivity index (χ0v) is 14.0. The maximum atomic E-state index is 11.4. The van der Waals surface area contributed by atoms with Crippen molar-refractivity contribution >= 4 is 17.6 Å². The number of nitrogens with zero attached hydrogens (tertiary/aromatic N) is 3. The van der Waals surface area contributed by atoms with Gasteiger partial charge in [-0.15, -0.1) is 0 Å². The SMILES string of the molecule is CN(N)C1=C(CC(N)=O)CCc2cnc(NC3CCNCC3)nc21. The van der Waals surface area contributed by atoms with Gasteiger partial charge >= 0.3 is 0 Å². The maximum Gasteiger partial charge on any atom is 0.223 e. The molecule has 1 saturated heterocycles. The van der Waals surface area contributed by atoms with Crippen LogP contribution in [0, 0.1) is 0 Å². The molecule has 1 aromatic heterocycles. The lowest BCUT2D eigenvalue weighted by Gasteiger charge is -2.28. The third-order valence-electron chi connectivity index (χ3n) is 4.53. The third-order valence-corrected chi connectivity index (χ3v) is 4.53. The van der Waals surface area contributed by atoms with E-state index >= 15 is 0 Å². The number of carbonyl (C=O) groups excluding carboxylic acids is 1. The monoisotopic (exact) mass is 331 g/mol. The molecule has 1 aliphatic carbocycles. The molecule has 2 aliphatic rings. The van der Waals surface area contributed by atoms with Gasteiger partial charge in [0.05, 0.1) is 11.4 Å². The summed E-state index contributed by atoms with van der Waals surface area (Å²) in [4.78, 5) is 20.5. The molecule has 8 nitrogen and oxygen atoms in total. The van der Waals surface area contributed by atoms with Crippen molar-refractivity contribution in [1.29, 1.82) is 0 Å². The van der Waals surface area contributed by atoms with Gasteiger partial charge in [-0.3, -0.25) is 4.79 Å². The smallest absolute Gasteiger partial charge is 0.223 e. The number of carbonyl (C=O) groups is 1. The average Bonchev–Trinajstić information content (AvgIpc) is 2.54. The summed E-state index contributed by atoms with van der Waals surface area (Å²) in [6.45, 7) is 2.00. The summed E-state index contributed by atoms with van der Waals surface area (Å²) in [5.41, 5.74) is 8.94. The van der Waals surface area contributed by atoms with Crippen LogP contribution < -0.4 is 22.2 Å². The first-order valence-corrected chi connectivity index (χ1v) is 8.37. The highest BCUT2D eigenvalue weighted by molar-refractivity contribution is 5.81. The van der Waals surface area contributed by atoms with E-state index in [-0.39, 0.29) is 12.3 Å². The Morgan fingerprint density at radius 2 is 2.17 bits per heavy atom. The Morgan fingerprint density at radius 3 is 2.83 bits per heavy atom. The first-order valence-electron chi connectivity index (χ1n) is 8.37. The number of hydrazine groups is 1. The molecule has 8 heteroatoms. The molecule has 24 heavy (non-hydrogen) atoms. The van der Waals surface area contributed by atoms with E-state index in [9.17, 15) is 4.79 Å². The predicted octanol–water partition coefficient (Wildman–Crippen LogP) is -0.0213. The summed E-state index contributed by atoms with van der Waals surface area (Å²) in [7, 11) is 1.76. The maximum absolute atomic E-state index is 11.4. The first kappa shape index (κ1) is 16.7. The molecule has 0 radical (unpaired) electrons. The van der Waals surface area contributed by atoms with E-state index in [0.717, 1.165) is 61.3 Å². The number of hydrogen-bond acceptors (Lipinski definition) is 7. The van der Waals surface area contributed by atoms with Crippen LogP contribution in [0.1, 0.15) is 36.9 Å². The zero-order chi connectivity index (χ0) is 17.1. The molecule has 1 aromatic rings. The second-order valence-electron chi connectivity index (χ2n) is 6.44. The second kappa shape index (κ2) is 7.14. The molecule has 0 bridgehead atoms. The largest absolute Gasteiger partial charge is 0.369 e. The molecule has 0 atom stereocenters. The molecular formula is C16H25N7O. The van der Waals surface area contributed by atoms with E-state index in [1.807, 2.05) is 6.20 Å². The van der Waals surface area contributed by atoms with E-state index in [0.29, 0.717) is 12.0 Å². The topological polar surface area (TPSA) is 122 Å². The van der Waals surface area contributed by atoms with Gasteiger partial charge in [-0.2, -0.15) is 0 Å². The van der Waals surface area contributed by atoms with Gasteiger partial charge in [-0.05, 0) is 49.9 Å². The standard InChI is InChI=1S/C16H25N7O/c1-23(18)15-10(8-13(17)24)2-3-11-9-20-16(22-14(11)15)21-12-4-6-19-7-5-12/h9,12,19H,2-8,18H2,1H3,(H2,17,24)(H,20,21,22). The van der Waals surface area contributed by atoms with E-state index in [1.165, 1.54) is 5.01 Å². The Kier molecular flexibility index (Phi) is 4.96. The number of fused-ring (bicyclic) bond motifs is 1. The van der Waals surface area contributed by atoms with Crippen LogP contribution in [0.2, 0.25) is 0 Å². The van der Waals surface area contributed by atoms with Crippen LogP contribution in [0.15, 0.2) is 11.8 Å². The number of rotatable bonds is 5. The summed E-state index contributed by atoms with van der Waals surface area (Å²) in [5, 5.41) is 8.28. The van der Waals surface area contributed by atoms with Gasteiger partial charge in [0.15, 0.2) is 0 Å². The van der Waals surface area contributed by atoms with Gasteiger partial charge in [-0.25, -0.2) is 15.8 Å². The number of nitrogens with one attached hydrogen (secondary N) is 2.